The highest BCUT2D eigenvalue weighted by Crippen LogP contribution is 2.25. The van der Waals surface area contributed by atoms with E-state index in [0.717, 1.165) is 61.6 Å². The average Bonchev–Trinajstić information content (AvgIpc) is 3.30. The lowest BCUT2D eigenvalue weighted by Crippen LogP contribution is -2.46. The zero-order valence-corrected chi connectivity index (χ0v) is 20.9. The van der Waals surface area contributed by atoms with Crippen molar-refractivity contribution in [1.82, 2.24) is 19.5 Å². The third-order valence-electron chi connectivity index (χ3n) is 6.34. The molecule has 2 aromatic heterocycles. The van der Waals surface area contributed by atoms with Crippen LogP contribution in [0.15, 0.2) is 71.6 Å². The molecule has 0 bridgehead atoms. The zero-order valence-electron chi connectivity index (χ0n) is 20.0. The lowest BCUT2D eigenvalue weighted by Gasteiger charge is -2.35. The van der Waals surface area contributed by atoms with Gasteiger partial charge >= 0.3 is 0 Å². The van der Waals surface area contributed by atoms with E-state index in [4.69, 9.17) is 0 Å². The molecule has 36 heavy (non-hydrogen) atoms. The number of aldehydes is 1. The van der Waals surface area contributed by atoms with Gasteiger partial charge in [-0.3, -0.25) is 4.90 Å². The van der Waals surface area contributed by atoms with Gasteiger partial charge in [0.05, 0.1) is 10.6 Å². The van der Waals surface area contributed by atoms with Crippen molar-refractivity contribution in [2.75, 3.05) is 49.2 Å². The molecule has 1 aliphatic heterocycles. The molecule has 0 saturated carbocycles. The van der Waals surface area contributed by atoms with Crippen LogP contribution in [0.1, 0.15) is 6.42 Å². The number of piperazine rings is 1. The number of nitrogens with zero attached hydrogens (tertiary/aromatic N) is 5. The summed E-state index contributed by atoms with van der Waals surface area (Å²) in [5.41, 5.74) is 4.19. The van der Waals surface area contributed by atoms with Crippen molar-refractivity contribution in [3.05, 3.63) is 66.7 Å². The van der Waals surface area contributed by atoms with Gasteiger partial charge in [0.15, 0.2) is 15.5 Å². The van der Waals surface area contributed by atoms with Crippen LogP contribution in [-0.4, -0.2) is 73.2 Å². The Bertz CT molecular complexity index is 1480. The summed E-state index contributed by atoms with van der Waals surface area (Å²) in [4.78, 5) is 20.1. The van der Waals surface area contributed by atoms with Gasteiger partial charge in [-0.15, -0.1) is 5.10 Å². The van der Waals surface area contributed by atoms with Gasteiger partial charge in [-0.1, -0.05) is 18.2 Å². The molecular formula is C26H28N6O3S. The number of hydrogen-bond donors (Lipinski definition) is 1. The maximum Gasteiger partial charge on any atom is 0.247 e. The Hall–Kier alpha value is -3.76. The average molecular weight is 505 g/mol. The molecule has 1 N–H and O–H groups in total. The first-order valence-electron chi connectivity index (χ1n) is 11.8. The summed E-state index contributed by atoms with van der Waals surface area (Å²) in [6.45, 7) is 4.60. The number of aromatic nitrogens is 3. The summed E-state index contributed by atoms with van der Waals surface area (Å²) >= 11 is 0. The van der Waals surface area contributed by atoms with Crippen LogP contribution in [0.4, 0.5) is 17.3 Å². The Kier molecular flexibility index (Phi) is 6.71. The van der Waals surface area contributed by atoms with E-state index in [0.29, 0.717) is 18.0 Å². The largest absolute Gasteiger partial charge is 0.369 e. The highest BCUT2D eigenvalue weighted by atomic mass is 32.2. The summed E-state index contributed by atoms with van der Waals surface area (Å²) in [6, 6.07) is 20.6. The molecule has 1 saturated heterocycles. The lowest BCUT2D eigenvalue weighted by atomic mass is 10.1. The summed E-state index contributed by atoms with van der Waals surface area (Å²) in [7, 11) is -3.32. The highest BCUT2D eigenvalue weighted by molar-refractivity contribution is 7.90. The SMILES string of the molecule is CS(=O)(=O)c1cccc(-c2cccc3nc(Nc4ccc(N5CCN(CCC=O)CC5)cc4)nn23)c1. The van der Waals surface area contributed by atoms with Crippen LogP contribution in [-0.2, 0) is 14.6 Å². The van der Waals surface area contributed by atoms with E-state index in [1.54, 1.807) is 22.7 Å². The fourth-order valence-electron chi connectivity index (χ4n) is 4.41. The number of anilines is 3. The van der Waals surface area contributed by atoms with E-state index in [-0.39, 0.29) is 4.90 Å². The first-order chi connectivity index (χ1) is 17.4. The summed E-state index contributed by atoms with van der Waals surface area (Å²) in [6.07, 6.45) is 2.77. The monoisotopic (exact) mass is 504 g/mol. The molecule has 0 radical (unpaired) electrons. The maximum absolute atomic E-state index is 12.0. The Balaban J connectivity index is 1.31. The van der Waals surface area contributed by atoms with Crippen molar-refractivity contribution < 1.29 is 13.2 Å². The Morgan fingerprint density at radius 2 is 1.72 bits per heavy atom. The molecule has 3 heterocycles. The van der Waals surface area contributed by atoms with Crippen LogP contribution in [0.5, 0.6) is 0 Å². The molecule has 10 heteroatoms. The smallest absolute Gasteiger partial charge is 0.247 e. The van der Waals surface area contributed by atoms with Crippen LogP contribution in [0.2, 0.25) is 0 Å². The molecule has 5 rings (SSSR count). The van der Waals surface area contributed by atoms with E-state index < -0.39 is 9.84 Å². The standard InChI is InChI=1S/C26H28N6O3S/c1-36(34,35)23-6-2-5-20(19-23)24-7-3-8-25-28-26(29-32(24)25)27-21-9-11-22(12-10-21)31-16-14-30(15-17-31)13-4-18-33/h2-3,5-12,18-19H,4,13-17H2,1H3,(H,27,29). The summed E-state index contributed by atoms with van der Waals surface area (Å²) < 4.78 is 25.7. The Labute approximate surface area is 210 Å². The first kappa shape index (κ1) is 24.0. The minimum Gasteiger partial charge on any atom is -0.369 e. The summed E-state index contributed by atoms with van der Waals surface area (Å²) in [5, 5.41) is 7.89. The predicted octanol–water partition coefficient (Wildman–Crippen LogP) is 3.25. The van der Waals surface area contributed by atoms with Gasteiger partial charge in [0.2, 0.25) is 5.95 Å². The van der Waals surface area contributed by atoms with Crippen molar-refractivity contribution in [2.45, 2.75) is 11.3 Å². The summed E-state index contributed by atoms with van der Waals surface area (Å²) in [5.74, 6) is 0.457. The molecule has 9 nitrogen and oxygen atoms in total. The van der Waals surface area contributed by atoms with Crippen molar-refractivity contribution in [3.63, 3.8) is 0 Å². The molecule has 1 aliphatic rings. The van der Waals surface area contributed by atoms with Gasteiger partial charge in [0, 0.05) is 62.3 Å². The molecular weight excluding hydrogens is 476 g/mol. The molecule has 1 fully saturated rings. The zero-order chi connectivity index (χ0) is 25.1. The fourth-order valence-corrected chi connectivity index (χ4v) is 5.08. The fraction of sp³-hybridized carbons (Fsp3) is 0.269. The molecule has 0 amide bonds. The maximum atomic E-state index is 12.0. The van der Waals surface area contributed by atoms with Crippen molar-refractivity contribution >= 4 is 39.1 Å². The van der Waals surface area contributed by atoms with Crippen molar-refractivity contribution in [1.29, 1.82) is 0 Å². The second kappa shape index (κ2) is 10.1. The van der Waals surface area contributed by atoms with Crippen molar-refractivity contribution in [2.24, 2.45) is 0 Å². The number of nitrogens with one attached hydrogen (secondary N) is 1. The van der Waals surface area contributed by atoms with Gasteiger partial charge in [-0.05, 0) is 48.5 Å². The van der Waals surface area contributed by atoms with Crippen LogP contribution in [0.3, 0.4) is 0 Å². The number of benzene rings is 2. The number of fused-ring (bicyclic) bond motifs is 1. The lowest BCUT2D eigenvalue weighted by molar-refractivity contribution is -0.108. The number of hydrogen-bond acceptors (Lipinski definition) is 8. The van der Waals surface area contributed by atoms with Gasteiger partial charge in [0.1, 0.15) is 6.29 Å². The Morgan fingerprint density at radius 3 is 2.44 bits per heavy atom. The Morgan fingerprint density at radius 1 is 0.972 bits per heavy atom. The third kappa shape index (κ3) is 5.24. The second-order valence-corrected chi connectivity index (χ2v) is 10.9. The van der Waals surface area contributed by atoms with Gasteiger partial charge < -0.3 is 15.0 Å². The quantitative estimate of drug-likeness (QED) is 0.365. The molecule has 0 spiro atoms. The predicted molar refractivity (Wildman–Crippen MR) is 141 cm³/mol. The van der Waals surface area contributed by atoms with Crippen molar-refractivity contribution in [3.8, 4) is 11.3 Å². The van der Waals surface area contributed by atoms with Crippen LogP contribution in [0.25, 0.3) is 16.9 Å². The molecule has 0 aliphatic carbocycles. The third-order valence-corrected chi connectivity index (χ3v) is 7.45. The van der Waals surface area contributed by atoms with Gasteiger partial charge in [-0.2, -0.15) is 4.98 Å². The van der Waals surface area contributed by atoms with Crippen LogP contribution < -0.4 is 10.2 Å². The molecule has 0 unspecified atom stereocenters. The number of pyridine rings is 1. The molecule has 186 valence electrons. The van der Waals surface area contributed by atoms with E-state index in [9.17, 15) is 13.2 Å². The van der Waals surface area contributed by atoms with Crippen LogP contribution in [0, 0.1) is 0 Å². The molecule has 0 atom stereocenters. The first-order valence-corrected chi connectivity index (χ1v) is 13.7. The van der Waals surface area contributed by atoms with E-state index in [2.05, 4.69) is 37.3 Å². The number of carbonyl (C=O) groups is 1. The molecule has 4 aromatic rings. The number of carbonyl (C=O) groups excluding carboxylic acids is 1. The normalized spacial score (nSPS) is 14.8. The van der Waals surface area contributed by atoms with Gasteiger partial charge in [-0.25, -0.2) is 12.9 Å². The minimum atomic E-state index is -3.32. The van der Waals surface area contributed by atoms with E-state index in [1.165, 1.54) is 6.26 Å². The van der Waals surface area contributed by atoms with Gasteiger partial charge in [0.25, 0.3) is 0 Å². The highest BCUT2D eigenvalue weighted by Gasteiger charge is 2.17. The number of sulfone groups is 1. The second-order valence-electron chi connectivity index (χ2n) is 8.87. The topological polar surface area (TPSA) is 99.9 Å². The molecule has 2 aromatic carbocycles. The van der Waals surface area contributed by atoms with E-state index in [1.807, 2.05) is 36.4 Å². The van der Waals surface area contributed by atoms with Crippen LogP contribution >= 0.6 is 0 Å². The number of rotatable bonds is 8. The van der Waals surface area contributed by atoms with E-state index >= 15 is 0 Å². The minimum absolute atomic E-state index is 0.262.